The summed E-state index contributed by atoms with van der Waals surface area (Å²) in [5, 5.41) is 4.21. The first-order valence-corrected chi connectivity index (χ1v) is 9.62. The van der Waals surface area contributed by atoms with Crippen LogP contribution in [0.15, 0.2) is 59.1 Å². The monoisotopic (exact) mass is 399 g/mol. The minimum Gasteiger partial charge on any atom is -0.476 e. The summed E-state index contributed by atoms with van der Waals surface area (Å²) in [6.07, 6.45) is 4.40. The van der Waals surface area contributed by atoms with E-state index in [9.17, 15) is 0 Å². The van der Waals surface area contributed by atoms with Gasteiger partial charge in [-0.3, -0.25) is 0 Å². The number of hydrogen-bond acceptors (Lipinski definition) is 5. The molecule has 0 saturated heterocycles. The van der Waals surface area contributed by atoms with E-state index < -0.39 is 11.6 Å². The zero-order chi connectivity index (χ0) is 18.7. The molecule has 5 nitrogen and oxygen atoms in total. The van der Waals surface area contributed by atoms with Crippen LogP contribution in [0.2, 0.25) is 0 Å². The minimum absolute atomic E-state index is 0. The number of benzene rings is 2. The number of para-hydroxylation sites is 1. The van der Waals surface area contributed by atoms with Crippen molar-refractivity contribution >= 4 is 12.4 Å². The molecule has 2 aromatic carbocycles. The van der Waals surface area contributed by atoms with Crippen LogP contribution in [-0.4, -0.2) is 10.1 Å². The van der Waals surface area contributed by atoms with Gasteiger partial charge < -0.3 is 15.0 Å². The third kappa shape index (κ3) is 4.05. The van der Waals surface area contributed by atoms with Crippen LogP contribution in [0.3, 0.4) is 0 Å². The summed E-state index contributed by atoms with van der Waals surface area (Å²) < 4.78 is 12.0. The molecule has 28 heavy (non-hydrogen) atoms. The number of aryl methyl sites for hydroxylation is 1. The molecular formula is C22H26ClN3O2. The number of halogens is 1. The lowest BCUT2D eigenvalue weighted by Gasteiger charge is -2.19. The summed E-state index contributed by atoms with van der Waals surface area (Å²) in [5.41, 5.74) is 8.13. The Hall–Kier alpha value is -2.37. The molecular weight excluding hydrogens is 374 g/mol. The van der Waals surface area contributed by atoms with Crippen molar-refractivity contribution in [3.63, 3.8) is 0 Å². The van der Waals surface area contributed by atoms with Crippen molar-refractivity contribution in [3.8, 4) is 5.75 Å². The predicted octanol–water partition coefficient (Wildman–Crippen LogP) is 4.95. The smallest absolute Gasteiger partial charge is 0.272 e. The maximum atomic E-state index is 6.50. The fourth-order valence-corrected chi connectivity index (χ4v) is 3.70. The maximum absolute atomic E-state index is 6.50. The molecule has 1 atom stereocenters. The van der Waals surface area contributed by atoms with E-state index in [1.807, 2.05) is 48.5 Å². The van der Waals surface area contributed by atoms with Crippen LogP contribution in [0.5, 0.6) is 5.75 Å². The highest BCUT2D eigenvalue weighted by Crippen LogP contribution is 2.36. The van der Waals surface area contributed by atoms with Gasteiger partial charge in [-0.05, 0) is 30.9 Å². The molecule has 0 radical (unpaired) electrons. The summed E-state index contributed by atoms with van der Waals surface area (Å²) in [4.78, 5) is 4.66. The molecule has 1 aromatic heterocycles. The SMILES string of the molecule is CCc1ccccc1OC(c1ccccc1)c1nc(C2(N)CCCC2)no1.Cl. The maximum Gasteiger partial charge on any atom is 0.272 e. The topological polar surface area (TPSA) is 74.2 Å². The van der Waals surface area contributed by atoms with Crippen molar-refractivity contribution < 1.29 is 9.26 Å². The lowest BCUT2D eigenvalue weighted by atomic mass is 9.98. The Morgan fingerprint density at radius 3 is 2.46 bits per heavy atom. The van der Waals surface area contributed by atoms with Crippen LogP contribution in [0.1, 0.15) is 61.6 Å². The molecule has 0 spiro atoms. The molecule has 2 N–H and O–H groups in total. The summed E-state index contributed by atoms with van der Waals surface area (Å²) in [6, 6.07) is 18.0. The van der Waals surface area contributed by atoms with Gasteiger partial charge in [0.25, 0.3) is 5.89 Å². The molecule has 1 saturated carbocycles. The van der Waals surface area contributed by atoms with Gasteiger partial charge in [-0.2, -0.15) is 4.98 Å². The fraction of sp³-hybridized carbons (Fsp3) is 0.364. The fourth-order valence-electron chi connectivity index (χ4n) is 3.70. The molecule has 3 aromatic rings. The standard InChI is InChI=1S/C22H25N3O2.ClH/c1-2-16-10-6-7-13-18(16)26-19(17-11-4-3-5-12-17)20-24-21(25-27-20)22(23)14-8-9-15-22;/h3-7,10-13,19H,2,8-9,14-15,23H2,1H3;1H. The molecule has 0 bridgehead atoms. The first kappa shape index (κ1) is 20.4. The Kier molecular flexibility index (Phi) is 6.37. The highest BCUT2D eigenvalue weighted by atomic mass is 35.5. The summed E-state index contributed by atoms with van der Waals surface area (Å²) in [5.74, 6) is 1.86. The Balaban J connectivity index is 0.00000225. The van der Waals surface area contributed by atoms with E-state index in [4.69, 9.17) is 15.0 Å². The number of nitrogens with zero attached hydrogens (tertiary/aromatic N) is 2. The normalized spacial score (nSPS) is 16.4. The zero-order valence-electron chi connectivity index (χ0n) is 16.0. The molecule has 148 valence electrons. The lowest BCUT2D eigenvalue weighted by Crippen LogP contribution is -2.34. The average Bonchev–Trinajstić information content (AvgIpc) is 3.37. The summed E-state index contributed by atoms with van der Waals surface area (Å²) >= 11 is 0. The van der Waals surface area contributed by atoms with Crippen molar-refractivity contribution in [1.82, 2.24) is 10.1 Å². The average molecular weight is 400 g/mol. The Labute approximate surface area is 171 Å². The Morgan fingerprint density at radius 2 is 1.75 bits per heavy atom. The molecule has 0 aliphatic heterocycles. The van der Waals surface area contributed by atoms with Crippen molar-refractivity contribution in [2.24, 2.45) is 5.73 Å². The van der Waals surface area contributed by atoms with Gasteiger partial charge in [0.2, 0.25) is 6.10 Å². The number of ether oxygens (including phenoxy) is 1. The van der Waals surface area contributed by atoms with Gasteiger partial charge in [0.1, 0.15) is 5.75 Å². The second-order valence-electron chi connectivity index (χ2n) is 7.19. The third-order valence-corrected chi connectivity index (χ3v) is 5.31. The predicted molar refractivity (Wildman–Crippen MR) is 111 cm³/mol. The van der Waals surface area contributed by atoms with E-state index in [-0.39, 0.29) is 12.4 Å². The molecule has 1 fully saturated rings. The van der Waals surface area contributed by atoms with Crippen LogP contribution in [-0.2, 0) is 12.0 Å². The highest BCUT2D eigenvalue weighted by Gasteiger charge is 2.37. The van der Waals surface area contributed by atoms with Crippen LogP contribution in [0.25, 0.3) is 0 Å². The van der Waals surface area contributed by atoms with E-state index in [2.05, 4.69) is 23.1 Å². The van der Waals surface area contributed by atoms with Gasteiger partial charge in [0.05, 0.1) is 5.54 Å². The van der Waals surface area contributed by atoms with E-state index >= 15 is 0 Å². The van der Waals surface area contributed by atoms with Crippen molar-refractivity contribution in [2.75, 3.05) is 0 Å². The molecule has 6 heteroatoms. The number of rotatable bonds is 6. The van der Waals surface area contributed by atoms with Gasteiger partial charge in [-0.15, -0.1) is 12.4 Å². The summed E-state index contributed by atoms with van der Waals surface area (Å²) in [6.45, 7) is 2.11. The molecule has 4 rings (SSSR count). The van der Waals surface area contributed by atoms with Gasteiger partial charge in [-0.1, -0.05) is 73.5 Å². The van der Waals surface area contributed by atoms with Crippen LogP contribution < -0.4 is 10.5 Å². The molecule has 1 heterocycles. The van der Waals surface area contributed by atoms with Gasteiger partial charge in [0, 0.05) is 5.56 Å². The minimum atomic E-state index is -0.482. The second-order valence-corrected chi connectivity index (χ2v) is 7.19. The quantitative estimate of drug-likeness (QED) is 0.634. The van der Waals surface area contributed by atoms with E-state index in [0.717, 1.165) is 49.0 Å². The van der Waals surface area contributed by atoms with Crippen molar-refractivity contribution in [3.05, 3.63) is 77.4 Å². The van der Waals surface area contributed by atoms with Crippen molar-refractivity contribution in [2.45, 2.75) is 50.7 Å². The molecule has 0 amide bonds. The van der Waals surface area contributed by atoms with Gasteiger partial charge in [-0.25, -0.2) is 0 Å². The molecule has 1 aliphatic rings. The van der Waals surface area contributed by atoms with Crippen LogP contribution >= 0.6 is 12.4 Å². The Bertz CT molecular complexity index is 892. The van der Waals surface area contributed by atoms with Crippen LogP contribution in [0, 0.1) is 0 Å². The second kappa shape index (κ2) is 8.76. The molecule has 1 unspecified atom stereocenters. The van der Waals surface area contributed by atoms with Gasteiger partial charge >= 0.3 is 0 Å². The third-order valence-electron chi connectivity index (χ3n) is 5.31. The first-order chi connectivity index (χ1) is 13.2. The highest BCUT2D eigenvalue weighted by molar-refractivity contribution is 5.85. The largest absolute Gasteiger partial charge is 0.476 e. The van der Waals surface area contributed by atoms with E-state index in [1.165, 1.54) is 0 Å². The first-order valence-electron chi connectivity index (χ1n) is 9.62. The van der Waals surface area contributed by atoms with Gasteiger partial charge in [0.15, 0.2) is 5.82 Å². The summed E-state index contributed by atoms with van der Waals surface area (Å²) in [7, 11) is 0. The number of aromatic nitrogens is 2. The number of hydrogen-bond donors (Lipinski definition) is 1. The van der Waals surface area contributed by atoms with E-state index in [0.29, 0.717) is 11.7 Å². The van der Waals surface area contributed by atoms with Crippen LogP contribution in [0.4, 0.5) is 0 Å². The van der Waals surface area contributed by atoms with Crippen molar-refractivity contribution in [1.29, 1.82) is 0 Å². The van der Waals surface area contributed by atoms with E-state index in [1.54, 1.807) is 0 Å². The lowest BCUT2D eigenvalue weighted by molar-refractivity contribution is 0.191. The molecule has 1 aliphatic carbocycles. The zero-order valence-corrected chi connectivity index (χ0v) is 16.8. The Morgan fingerprint density at radius 1 is 1.07 bits per heavy atom. The number of nitrogens with two attached hydrogens (primary N) is 1.